The molecule has 0 spiro atoms. The van der Waals surface area contributed by atoms with Crippen LogP contribution in [0.15, 0.2) is 30.3 Å². The van der Waals surface area contributed by atoms with Gasteiger partial charge in [0, 0.05) is 30.2 Å². The second-order valence-electron chi connectivity index (χ2n) is 7.14. The summed E-state index contributed by atoms with van der Waals surface area (Å²) >= 11 is 0. The van der Waals surface area contributed by atoms with Crippen LogP contribution < -0.4 is 29.0 Å². The van der Waals surface area contributed by atoms with E-state index in [1.54, 1.807) is 39.5 Å². The number of fused-ring (bicyclic) bond motifs is 1. The van der Waals surface area contributed by atoms with Crippen molar-refractivity contribution in [3.63, 3.8) is 0 Å². The first-order chi connectivity index (χ1) is 15.0. The van der Waals surface area contributed by atoms with Gasteiger partial charge in [-0.2, -0.15) is 0 Å². The number of amides is 1. The molecule has 0 unspecified atom stereocenters. The van der Waals surface area contributed by atoms with Gasteiger partial charge in [-0.3, -0.25) is 4.79 Å². The number of rotatable bonds is 9. The van der Waals surface area contributed by atoms with Crippen molar-refractivity contribution >= 4 is 12.0 Å². The van der Waals surface area contributed by atoms with Gasteiger partial charge in [0.25, 0.3) is 0 Å². The molecule has 0 fully saturated rings. The highest BCUT2D eigenvalue weighted by Crippen LogP contribution is 2.38. The second-order valence-corrected chi connectivity index (χ2v) is 7.14. The number of nitrogens with one attached hydrogen (secondary N) is 1. The highest BCUT2D eigenvalue weighted by atomic mass is 16.5. The normalized spacial score (nSPS) is 14.7. The minimum absolute atomic E-state index is 0.149. The summed E-state index contributed by atoms with van der Waals surface area (Å²) in [5, 5.41) is 2.90. The van der Waals surface area contributed by atoms with E-state index in [1.165, 1.54) is 6.08 Å². The highest BCUT2D eigenvalue weighted by molar-refractivity contribution is 5.92. The standard InChI is InChI=1S/C24H29NO6/c1-6-30-19-12-17-9-15(2)31-20(17)13-18(19)14-25-23(26)8-7-16-10-21(27-3)24(29-5)22(11-16)28-4/h7-8,10-13,15H,6,9,14H2,1-5H3,(H,25,26)/b8-7+/t15-/m1/s1. The number of benzene rings is 2. The zero-order valence-electron chi connectivity index (χ0n) is 18.6. The number of carbonyl (C=O) groups excluding carboxylic acids is 1. The van der Waals surface area contributed by atoms with Gasteiger partial charge >= 0.3 is 0 Å². The fraction of sp³-hybridized carbons (Fsp3) is 0.375. The molecule has 1 N–H and O–H groups in total. The van der Waals surface area contributed by atoms with Gasteiger partial charge in [0.2, 0.25) is 11.7 Å². The molecule has 31 heavy (non-hydrogen) atoms. The molecule has 2 aromatic rings. The highest BCUT2D eigenvalue weighted by Gasteiger charge is 2.22. The summed E-state index contributed by atoms with van der Waals surface area (Å²) in [5.74, 6) is 2.95. The van der Waals surface area contributed by atoms with Gasteiger partial charge in [0.05, 0.1) is 27.9 Å². The van der Waals surface area contributed by atoms with Gasteiger partial charge in [-0.1, -0.05) is 0 Å². The van der Waals surface area contributed by atoms with E-state index in [0.29, 0.717) is 30.4 Å². The lowest BCUT2D eigenvalue weighted by Gasteiger charge is -2.13. The van der Waals surface area contributed by atoms with Crippen LogP contribution >= 0.6 is 0 Å². The smallest absolute Gasteiger partial charge is 0.244 e. The Morgan fingerprint density at radius 2 is 1.81 bits per heavy atom. The lowest BCUT2D eigenvalue weighted by molar-refractivity contribution is -0.116. The number of hydrogen-bond donors (Lipinski definition) is 1. The van der Waals surface area contributed by atoms with Gasteiger partial charge < -0.3 is 29.0 Å². The monoisotopic (exact) mass is 427 g/mol. The molecular weight excluding hydrogens is 398 g/mol. The Kier molecular flexibility index (Phi) is 7.28. The van der Waals surface area contributed by atoms with Crippen LogP contribution in [-0.2, 0) is 17.8 Å². The van der Waals surface area contributed by atoms with Crippen LogP contribution in [0.3, 0.4) is 0 Å². The van der Waals surface area contributed by atoms with Crippen LogP contribution in [0.4, 0.5) is 0 Å². The summed E-state index contributed by atoms with van der Waals surface area (Å²) in [7, 11) is 4.65. The molecule has 0 saturated heterocycles. The molecule has 7 nitrogen and oxygen atoms in total. The molecule has 2 aromatic carbocycles. The minimum atomic E-state index is -0.231. The zero-order valence-corrected chi connectivity index (χ0v) is 18.6. The van der Waals surface area contributed by atoms with Gasteiger partial charge in [0.1, 0.15) is 17.6 Å². The molecule has 0 bridgehead atoms. The summed E-state index contributed by atoms with van der Waals surface area (Å²) < 4.78 is 27.6. The molecule has 0 aliphatic carbocycles. The largest absolute Gasteiger partial charge is 0.494 e. The van der Waals surface area contributed by atoms with E-state index in [0.717, 1.165) is 34.6 Å². The van der Waals surface area contributed by atoms with Crippen molar-refractivity contribution in [2.24, 2.45) is 0 Å². The van der Waals surface area contributed by atoms with E-state index < -0.39 is 0 Å². The van der Waals surface area contributed by atoms with Crippen LogP contribution in [0.2, 0.25) is 0 Å². The average Bonchev–Trinajstić information content (AvgIpc) is 3.14. The summed E-state index contributed by atoms with van der Waals surface area (Å²) in [5.41, 5.74) is 2.76. The molecule has 1 heterocycles. The lowest BCUT2D eigenvalue weighted by Crippen LogP contribution is -2.20. The lowest BCUT2D eigenvalue weighted by atomic mass is 10.1. The molecule has 0 radical (unpaired) electrons. The molecule has 1 amide bonds. The van der Waals surface area contributed by atoms with Crippen molar-refractivity contribution in [1.29, 1.82) is 0 Å². The number of ether oxygens (including phenoxy) is 5. The third-order valence-electron chi connectivity index (χ3n) is 4.95. The van der Waals surface area contributed by atoms with Crippen LogP contribution in [0, 0.1) is 0 Å². The Morgan fingerprint density at radius 1 is 1.10 bits per heavy atom. The van der Waals surface area contributed by atoms with Gasteiger partial charge in [-0.25, -0.2) is 0 Å². The predicted molar refractivity (Wildman–Crippen MR) is 118 cm³/mol. The van der Waals surface area contributed by atoms with Crippen LogP contribution in [0.5, 0.6) is 28.7 Å². The summed E-state index contributed by atoms with van der Waals surface area (Å²) in [6, 6.07) is 7.51. The van der Waals surface area contributed by atoms with Crippen molar-refractivity contribution in [3.8, 4) is 28.7 Å². The third kappa shape index (κ3) is 5.23. The predicted octanol–water partition coefficient (Wildman–Crippen LogP) is 3.76. The van der Waals surface area contributed by atoms with Gasteiger partial charge in [0.15, 0.2) is 11.5 Å². The fourth-order valence-corrected chi connectivity index (χ4v) is 3.52. The van der Waals surface area contributed by atoms with E-state index in [1.807, 2.05) is 26.0 Å². The van der Waals surface area contributed by atoms with Crippen molar-refractivity contribution in [2.45, 2.75) is 32.9 Å². The summed E-state index contributed by atoms with van der Waals surface area (Å²) in [6.45, 7) is 4.86. The van der Waals surface area contributed by atoms with Crippen molar-refractivity contribution in [3.05, 3.63) is 47.0 Å². The average molecular weight is 427 g/mol. The van der Waals surface area contributed by atoms with Crippen LogP contribution in [0.1, 0.15) is 30.5 Å². The Balaban J connectivity index is 1.71. The maximum Gasteiger partial charge on any atom is 0.244 e. The summed E-state index contributed by atoms with van der Waals surface area (Å²) in [4.78, 5) is 12.4. The molecule has 0 saturated carbocycles. The molecule has 1 atom stereocenters. The van der Waals surface area contributed by atoms with Crippen LogP contribution in [-0.4, -0.2) is 39.9 Å². The molecule has 1 aliphatic heterocycles. The Bertz CT molecular complexity index is 944. The number of hydrogen-bond acceptors (Lipinski definition) is 6. The van der Waals surface area contributed by atoms with E-state index >= 15 is 0 Å². The SMILES string of the molecule is CCOc1cc2c(cc1CNC(=O)/C=C/c1cc(OC)c(OC)c(OC)c1)O[C@H](C)C2. The van der Waals surface area contributed by atoms with Crippen molar-refractivity contribution in [2.75, 3.05) is 27.9 Å². The van der Waals surface area contributed by atoms with Crippen molar-refractivity contribution < 1.29 is 28.5 Å². The topological polar surface area (TPSA) is 75.3 Å². The van der Waals surface area contributed by atoms with Gasteiger partial charge in [-0.05, 0) is 49.8 Å². The van der Waals surface area contributed by atoms with Crippen molar-refractivity contribution in [1.82, 2.24) is 5.32 Å². The Labute approximate surface area is 182 Å². The Hall–Kier alpha value is -3.35. The van der Waals surface area contributed by atoms with Gasteiger partial charge in [-0.15, -0.1) is 0 Å². The second kappa shape index (κ2) is 10.1. The molecule has 3 rings (SSSR count). The molecule has 166 valence electrons. The number of carbonyl (C=O) groups is 1. The molecular formula is C24H29NO6. The quantitative estimate of drug-likeness (QED) is 0.614. The third-order valence-corrected chi connectivity index (χ3v) is 4.95. The Morgan fingerprint density at radius 3 is 2.42 bits per heavy atom. The number of methoxy groups -OCH3 is 3. The first-order valence-corrected chi connectivity index (χ1v) is 10.2. The van der Waals surface area contributed by atoms with E-state index in [9.17, 15) is 4.79 Å². The summed E-state index contributed by atoms with van der Waals surface area (Å²) in [6.07, 6.45) is 4.17. The maximum atomic E-state index is 12.4. The molecule has 7 heteroatoms. The fourth-order valence-electron chi connectivity index (χ4n) is 3.52. The molecule has 0 aromatic heterocycles. The maximum absolute atomic E-state index is 12.4. The van der Waals surface area contributed by atoms with E-state index in [2.05, 4.69) is 5.32 Å². The molecule has 1 aliphatic rings. The van der Waals surface area contributed by atoms with E-state index in [4.69, 9.17) is 23.7 Å². The van der Waals surface area contributed by atoms with Crippen LogP contribution in [0.25, 0.3) is 6.08 Å². The van der Waals surface area contributed by atoms with E-state index in [-0.39, 0.29) is 12.0 Å². The first kappa shape index (κ1) is 22.3. The minimum Gasteiger partial charge on any atom is -0.494 e. The first-order valence-electron chi connectivity index (χ1n) is 10.2. The zero-order chi connectivity index (χ0) is 22.4.